The number of aryl methyl sites for hydroxylation is 2. The van der Waals surface area contributed by atoms with Crippen LogP contribution in [0.15, 0.2) is 41.3 Å². The highest BCUT2D eigenvalue weighted by molar-refractivity contribution is 7.89. The molecule has 2 rings (SSSR count). The molecule has 0 aromatic heterocycles. The molecule has 1 amide bonds. The van der Waals surface area contributed by atoms with E-state index in [2.05, 4.69) is 10.0 Å². The fourth-order valence-corrected chi connectivity index (χ4v) is 3.95. The highest BCUT2D eigenvalue weighted by Crippen LogP contribution is 2.27. The Balaban J connectivity index is 2.00. The number of carbonyl (C=O) groups excluding carboxylic acids is 1. The molecule has 2 N–H and O–H groups in total. The molecule has 0 fully saturated rings. The van der Waals surface area contributed by atoms with Crippen molar-refractivity contribution in [3.8, 4) is 5.75 Å². The number of ether oxygens (including phenoxy) is 1. The lowest BCUT2D eigenvalue weighted by molar-refractivity contribution is -0.118. The van der Waals surface area contributed by atoms with Gasteiger partial charge in [0.25, 0.3) is 5.91 Å². The maximum Gasteiger partial charge on any atom is 0.262 e. The SMILES string of the molecule is Cc1ccc(NC(=O)COc2ccc(S(=O)(=O)NCC(C)C)cc2Cl)c(C)c1. The van der Waals surface area contributed by atoms with E-state index >= 15 is 0 Å². The lowest BCUT2D eigenvalue weighted by atomic mass is 10.1. The minimum atomic E-state index is -3.64. The second-order valence-corrected chi connectivity index (χ2v) is 9.17. The van der Waals surface area contributed by atoms with Crippen LogP contribution in [0.2, 0.25) is 5.02 Å². The highest BCUT2D eigenvalue weighted by atomic mass is 35.5. The van der Waals surface area contributed by atoms with E-state index < -0.39 is 10.0 Å². The molecule has 8 heteroatoms. The molecule has 0 aliphatic carbocycles. The number of anilines is 1. The second-order valence-electron chi connectivity index (χ2n) is 6.99. The van der Waals surface area contributed by atoms with Crippen molar-refractivity contribution in [3.63, 3.8) is 0 Å². The van der Waals surface area contributed by atoms with E-state index in [0.717, 1.165) is 11.1 Å². The third kappa shape index (κ3) is 6.22. The molecule has 0 bridgehead atoms. The van der Waals surface area contributed by atoms with E-state index in [1.807, 2.05) is 45.9 Å². The quantitative estimate of drug-likeness (QED) is 0.672. The van der Waals surface area contributed by atoms with Crippen LogP contribution in [0.4, 0.5) is 5.69 Å². The molecule has 0 saturated carbocycles. The van der Waals surface area contributed by atoms with Crippen molar-refractivity contribution in [1.29, 1.82) is 0 Å². The van der Waals surface area contributed by atoms with E-state index in [9.17, 15) is 13.2 Å². The van der Waals surface area contributed by atoms with Crippen molar-refractivity contribution < 1.29 is 17.9 Å². The molecule has 0 aliphatic heterocycles. The summed E-state index contributed by atoms with van der Waals surface area (Å²) < 4.78 is 32.5. The summed E-state index contributed by atoms with van der Waals surface area (Å²) in [4.78, 5) is 12.2. The fourth-order valence-electron chi connectivity index (χ4n) is 2.41. The smallest absolute Gasteiger partial charge is 0.262 e. The number of nitrogens with one attached hydrogen (secondary N) is 2. The first-order chi connectivity index (χ1) is 13.1. The Morgan fingerprint density at radius 3 is 2.46 bits per heavy atom. The molecule has 28 heavy (non-hydrogen) atoms. The summed E-state index contributed by atoms with van der Waals surface area (Å²) in [5, 5.41) is 2.89. The molecule has 152 valence electrons. The van der Waals surface area contributed by atoms with Gasteiger partial charge in [0.15, 0.2) is 6.61 Å². The van der Waals surface area contributed by atoms with Crippen LogP contribution in [0.1, 0.15) is 25.0 Å². The molecule has 0 aliphatic rings. The number of amides is 1. The van der Waals surface area contributed by atoms with Crippen LogP contribution in [-0.4, -0.2) is 27.5 Å². The molecule has 0 heterocycles. The van der Waals surface area contributed by atoms with Gasteiger partial charge in [-0.1, -0.05) is 43.1 Å². The molecule has 2 aromatic rings. The van der Waals surface area contributed by atoms with Crippen LogP contribution in [0.25, 0.3) is 0 Å². The van der Waals surface area contributed by atoms with E-state index in [0.29, 0.717) is 12.2 Å². The molecule has 0 spiro atoms. The number of sulfonamides is 1. The third-order valence-electron chi connectivity index (χ3n) is 3.91. The standard InChI is InChI=1S/C20H25ClN2O4S/c1-13(2)11-22-28(25,26)16-6-8-19(17(21)10-16)27-12-20(24)23-18-7-5-14(3)9-15(18)4/h5-10,13,22H,11-12H2,1-4H3,(H,23,24). The van der Waals surface area contributed by atoms with Gasteiger partial charge in [-0.15, -0.1) is 0 Å². The topological polar surface area (TPSA) is 84.5 Å². The molecular weight excluding hydrogens is 400 g/mol. The Morgan fingerprint density at radius 1 is 1.14 bits per heavy atom. The van der Waals surface area contributed by atoms with Crippen LogP contribution < -0.4 is 14.8 Å². The highest BCUT2D eigenvalue weighted by Gasteiger charge is 2.17. The normalized spacial score (nSPS) is 11.5. The number of carbonyl (C=O) groups is 1. The zero-order valence-corrected chi connectivity index (χ0v) is 17.9. The fraction of sp³-hybridized carbons (Fsp3) is 0.350. The van der Waals surface area contributed by atoms with Crippen LogP contribution in [0.5, 0.6) is 5.75 Å². The van der Waals surface area contributed by atoms with Crippen LogP contribution >= 0.6 is 11.6 Å². The second kappa shape index (κ2) is 9.41. The third-order valence-corrected chi connectivity index (χ3v) is 5.63. The van der Waals surface area contributed by atoms with Gasteiger partial charge in [0.05, 0.1) is 9.92 Å². The van der Waals surface area contributed by atoms with Gasteiger partial charge in [-0.2, -0.15) is 0 Å². The summed E-state index contributed by atoms with van der Waals surface area (Å²) in [5.41, 5.74) is 2.77. The van der Waals surface area contributed by atoms with Crippen molar-refractivity contribution in [2.24, 2.45) is 5.92 Å². The molecular formula is C20H25ClN2O4S. The molecule has 0 unspecified atom stereocenters. The number of rotatable bonds is 8. The molecule has 0 atom stereocenters. The first kappa shape index (κ1) is 22.2. The Bertz CT molecular complexity index is 959. The lowest BCUT2D eigenvalue weighted by Crippen LogP contribution is -2.27. The maximum atomic E-state index is 12.3. The van der Waals surface area contributed by atoms with Crippen LogP contribution in [0, 0.1) is 19.8 Å². The summed E-state index contributed by atoms with van der Waals surface area (Å²) in [6.07, 6.45) is 0. The van der Waals surface area contributed by atoms with Gasteiger partial charge in [0.1, 0.15) is 5.75 Å². The van der Waals surface area contributed by atoms with E-state index in [1.165, 1.54) is 18.2 Å². The number of benzene rings is 2. The Hall–Kier alpha value is -2.09. The molecule has 0 saturated heterocycles. The summed E-state index contributed by atoms with van der Waals surface area (Å²) >= 11 is 6.14. The number of halogens is 1. The number of hydrogen-bond acceptors (Lipinski definition) is 4. The summed E-state index contributed by atoms with van der Waals surface area (Å²) in [7, 11) is -3.64. The van der Waals surface area contributed by atoms with Crippen LogP contribution in [0.3, 0.4) is 0 Å². The zero-order valence-electron chi connectivity index (χ0n) is 16.4. The maximum absolute atomic E-state index is 12.3. The van der Waals surface area contributed by atoms with Crippen molar-refractivity contribution in [2.75, 3.05) is 18.5 Å². The monoisotopic (exact) mass is 424 g/mol. The van der Waals surface area contributed by atoms with E-state index in [-0.39, 0.29) is 34.1 Å². The van der Waals surface area contributed by atoms with Crippen LogP contribution in [-0.2, 0) is 14.8 Å². The van der Waals surface area contributed by atoms with Gasteiger partial charge in [-0.3, -0.25) is 4.79 Å². The minimum Gasteiger partial charge on any atom is -0.482 e. The lowest BCUT2D eigenvalue weighted by Gasteiger charge is -2.12. The Morgan fingerprint density at radius 2 is 1.86 bits per heavy atom. The Kier molecular flexibility index (Phi) is 7.46. The largest absolute Gasteiger partial charge is 0.482 e. The van der Waals surface area contributed by atoms with Gasteiger partial charge in [-0.25, -0.2) is 13.1 Å². The number of hydrogen-bond donors (Lipinski definition) is 2. The Labute approximate surface area is 171 Å². The molecule has 6 nitrogen and oxygen atoms in total. The van der Waals surface area contributed by atoms with E-state index in [4.69, 9.17) is 16.3 Å². The van der Waals surface area contributed by atoms with Crippen molar-refractivity contribution in [1.82, 2.24) is 4.72 Å². The average molecular weight is 425 g/mol. The van der Waals surface area contributed by atoms with Gasteiger partial charge in [0.2, 0.25) is 10.0 Å². The summed E-state index contributed by atoms with van der Waals surface area (Å²) in [6, 6.07) is 9.86. The van der Waals surface area contributed by atoms with Gasteiger partial charge < -0.3 is 10.1 Å². The van der Waals surface area contributed by atoms with Gasteiger partial charge in [0, 0.05) is 12.2 Å². The molecule has 2 aromatic carbocycles. The van der Waals surface area contributed by atoms with Gasteiger partial charge in [-0.05, 0) is 49.6 Å². The predicted octanol–water partition coefficient (Wildman–Crippen LogP) is 3.91. The summed E-state index contributed by atoms with van der Waals surface area (Å²) in [6.45, 7) is 7.80. The zero-order chi connectivity index (χ0) is 20.9. The van der Waals surface area contributed by atoms with Crippen molar-refractivity contribution >= 4 is 33.2 Å². The first-order valence-electron chi connectivity index (χ1n) is 8.87. The summed E-state index contributed by atoms with van der Waals surface area (Å²) in [5.74, 6) is 0.0853. The average Bonchev–Trinajstić information content (AvgIpc) is 2.61. The predicted molar refractivity (Wildman–Crippen MR) is 112 cm³/mol. The van der Waals surface area contributed by atoms with Gasteiger partial charge >= 0.3 is 0 Å². The molecule has 0 radical (unpaired) electrons. The first-order valence-corrected chi connectivity index (χ1v) is 10.7. The van der Waals surface area contributed by atoms with E-state index in [1.54, 1.807) is 0 Å². The van der Waals surface area contributed by atoms with Crippen molar-refractivity contribution in [3.05, 3.63) is 52.5 Å². The minimum absolute atomic E-state index is 0.0465. The van der Waals surface area contributed by atoms with Crippen molar-refractivity contribution in [2.45, 2.75) is 32.6 Å².